The first-order valence-electron chi connectivity index (χ1n) is 7.07. The number of halogens is 3. The van der Waals surface area contributed by atoms with Crippen LogP contribution in [0.3, 0.4) is 0 Å². The summed E-state index contributed by atoms with van der Waals surface area (Å²) in [5.41, 5.74) is 0.641. The Labute approximate surface area is 132 Å². The van der Waals surface area contributed by atoms with Crippen LogP contribution in [0.4, 0.5) is 18.9 Å². The van der Waals surface area contributed by atoms with Gasteiger partial charge < -0.3 is 5.32 Å². The molecular weight excluding hydrogens is 305 g/mol. The Bertz CT molecular complexity index is 689. The van der Waals surface area contributed by atoms with Crippen LogP contribution < -0.4 is 5.32 Å². The molecule has 2 rings (SSSR count). The van der Waals surface area contributed by atoms with E-state index in [9.17, 15) is 18.0 Å². The number of nitrogens with one attached hydrogen (secondary N) is 1. The maximum absolute atomic E-state index is 13.5. The van der Waals surface area contributed by atoms with Crippen molar-refractivity contribution >= 4 is 11.6 Å². The average Bonchev–Trinajstić information content (AvgIpc) is 2.52. The van der Waals surface area contributed by atoms with E-state index in [0.29, 0.717) is 6.54 Å². The van der Waals surface area contributed by atoms with Crippen LogP contribution >= 0.6 is 0 Å². The molecule has 6 heteroatoms. The Balaban J connectivity index is 2.00. The number of carbonyl (C=O) groups excluding carboxylic acids is 1. The van der Waals surface area contributed by atoms with E-state index in [0.717, 1.165) is 23.8 Å². The van der Waals surface area contributed by atoms with Crippen molar-refractivity contribution in [2.75, 3.05) is 12.4 Å². The minimum atomic E-state index is -0.701. The van der Waals surface area contributed by atoms with E-state index >= 15 is 0 Å². The summed E-state index contributed by atoms with van der Waals surface area (Å²) in [5, 5.41) is 2.37. The van der Waals surface area contributed by atoms with Crippen molar-refractivity contribution in [3.05, 3.63) is 65.5 Å². The molecule has 0 aromatic heterocycles. The van der Waals surface area contributed by atoms with E-state index in [1.54, 1.807) is 31.0 Å². The van der Waals surface area contributed by atoms with Gasteiger partial charge >= 0.3 is 0 Å². The highest BCUT2D eigenvalue weighted by molar-refractivity contribution is 5.94. The molecule has 2 aromatic rings. The van der Waals surface area contributed by atoms with Gasteiger partial charge in [0.25, 0.3) is 0 Å². The summed E-state index contributed by atoms with van der Waals surface area (Å²) in [4.78, 5) is 13.9. The molecule has 0 aliphatic carbocycles. The summed E-state index contributed by atoms with van der Waals surface area (Å²) in [6, 6.07) is 8.23. The molecule has 0 aliphatic rings. The zero-order chi connectivity index (χ0) is 17.0. The fourth-order valence-electron chi connectivity index (χ4n) is 2.05. The lowest BCUT2D eigenvalue weighted by Crippen LogP contribution is -2.39. The highest BCUT2D eigenvalue weighted by atomic mass is 19.1. The lowest BCUT2D eigenvalue weighted by atomic mass is 10.2. The van der Waals surface area contributed by atoms with Crippen molar-refractivity contribution in [1.82, 2.24) is 4.90 Å². The summed E-state index contributed by atoms with van der Waals surface area (Å²) >= 11 is 0. The first-order valence-corrected chi connectivity index (χ1v) is 7.07. The highest BCUT2D eigenvalue weighted by Gasteiger charge is 2.19. The standard InChI is InChI=1S/C17H17F3N2O/c1-11(22(2)10-12-3-5-13(18)6-4-12)17(23)21-16-9-14(19)7-8-15(16)20/h3-9,11H,10H2,1-2H3,(H,21,23)/t11-/m1/s1. The van der Waals surface area contributed by atoms with E-state index < -0.39 is 23.6 Å². The minimum absolute atomic E-state index is 0.197. The van der Waals surface area contributed by atoms with E-state index in [4.69, 9.17) is 0 Å². The first-order chi connectivity index (χ1) is 10.9. The SMILES string of the molecule is C[C@H](C(=O)Nc1cc(F)ccc1F)N(C)Cc1ccc(F)cc1. The molecule has 1 N–H and O–H groups in total. The number of carbonyl (C=O) groups is 1. The second-order valence-corrected chi connectivity index (χ2v) is 5.33. The molecule has 23 heavy (non-hydrogen) atoms. The van der Waals surface area contributed by atoms with Gasteiger partial charge in [0.1, 0.15) is 17.5 Å². The molecule has 1 atom stereocenters. The molecule has 1 amide bonds. The van der Waals surface area contributed by atoms with Crippen LogP contribution in [-0.4, -0.2) is 23.9 Å². The van der Waals surface area contributed by atoms with Gasteiger partial charge in [-0.3, -0.25) is 9.69 Å². The molecule has 0 saturated heterocycles. The molecule has 0 heterocycles. The van der Waals surface area contributed by atoms with Crippen LogP contribution in [0.15, 0.2) is 42.5 Å². The van der Waals surface area contributed by atoms with Gasteiger partial charge in [-0.25, -0.2) is 13.2 Å². The zero-order valence-electron chi connectivity index (χ0n) is 12.8. The third-order valence-electron chi connectivity index (χ3n) is 3.57. The van der Waals surface area contributed by atoms with E-state index in [2.05, 4.69) is 5.32 Å². The van der Waals surface area contributed by atoms with Crippen LogP contribution in [0, 0.1) is 17.5 Å². The molecule has 0 bridgehead atoms. The minimum Gasteiger partial charge on any atom is -0.322 e. The largest absolute Gasteiger partial charge is 0.322 e. The Morgan fingerprint density at radius 3 is 2.35 bits per heavy atom. The van der Waals surface area contributed by atoms with Gasteiger partial charge in [-0.05, 0) is 43.8 Å². The molecule has 0 spiro atoms. The molecule has 0 saturated carbocycles. The zero-order valence-corrected chi connectivity index (χ0v) is 12.8. The quantitative estimate of drug-likeness (QED) is 0.913. The van der Waals surface area contributed by atoms with Gasteiger partial charge in [0.15, 0.2) is 0 Å². The van der Waals surface area contributed by atoms with E-state index in [1.165, 1.54) is 12.1 Å². The third-order valence-corrected chi connectivity index (χ3v) is 3.57. The number of anilines is 1. The number of nitrogens with zero attached hydrogens (tertiary/aromatic N) is 1. The number of amides is 1. The molecule has 0 unspecified atom stereocenters. The lowest BCUT2D eigenvalue weighted by Gasteiger charge is -2.24. The number of likely N-dealkylation sites (N-methyl/N-ethyl adjacent to an activating group) is 1. The topological polar surface area (TPSA) is 32.3 Å². The molecule has 0 aliphatic heterocycles. The summed E-state index contributed by atoms with van der Waals surface area (Å²) in [6.07, 6.45) is 0. The molecule has 122 valence electrons. The summed E-state index contributed by atoms with van der Waals surface area (Å²) < 4.78 is 39.5. The smallest absolute Gasteiger partial charge is 0.241 e. The van der Waals surface area contributed by atoms with E-state index in [1.807, 2.05) is 0 Å². The van der Waals surface area contributed by atoms with Gasteiger partial charge in [-0.1, -0.05) is 12.1 Å². The number of benzene rings is 2. The second-order valence-electron chi connectivity index (χ2n) is 5.33. The van der Waals surface area contributed by atoms with Crippen LogP contribution in [0.5, 0.6) is 0 Å². The Morgan fingerprint density at radius 1 is 1.09 bits per heavy atom. The molecule has 0 radical (unpaired) electrons. The summed E-state index contributed by atoms with van der Waals surface area (Å²) in [7, 11) is 1.72. The maximum atomic E-state index is 13.5. The summed E-state index contributed by atoms with van der Waals surface area (Å²) in [5.74, 6) is -2.12. The van der Waals surface area contributed by atoms with Gasteiger partial charge in [0.05, 0.1) is 11.7 Å². The number of hydrogen-bond acceptors (Lipinski definition) is 2. The fourth-order valence-corrected chi connectivity index (χ4v) is 2.05. The summed E-state index contributed by atoms with van der Waals surface area (Å²) in [6.45, 7) is 2.07. The molecule has 0 fully saturated rings. The predicted molar refractivity (Wildman–Crippen MR) is 82.3 cm³/mol. The van der Waals surface area contributed by atoms with Gasteiger partial charge in [-0.15, -0.1) is 0 Å². The maximum Gasteiger partial charge on any atom is 0.241 e. The lowest BCUT2D eigenvalue weighted by molar-refractivity contribution is -0.120. The van der Waals surface area contributed by atoms with Crippen molar-refractivity contribution < 1.29 is 18.0 Å². The fraction of sp³-hybridized carbons (Fsp3) is 0.235. The van der Waals surface area contributed by atoms with Crippen molar-refractivity contribution in [1.29, 1.82) is 0 Å². The third kappa shape index (κ3) is 4.56. The molecule has 2 aromatic carbocycles. The molecule has 3 nitrogen and oxygen atoms in total. The Hall–Kier alpha value is -2.34. The normalized spacial score (nSPS) is 12.3. The Morgan fingerprint density at radius 2 is 1.70 bits per heavy atom. The van der Waals surface area contributed by atoms with Crippen LogP contribution in [-0.2, 0) is 11.3 Å². The van der Waals surface area contributed by atoms with Crippen LogP contribution in [0.25, 0.3) is 0 Å². The van der Waals surface area contributed by atoms with Crippen molar-refractivity contribution in [2.24, 2.45) is 0 Å². The van der Waals surface area contributed by atoms with Gasteiger partial charge in [0.2, 0.25) is 5.91 Å². The number of hydrogen-bond donors (Lipinski definition) is 1. The second kappa shape index (κ2) is 7.28. The van der Waals surface area contributed by atoms with Gasteiger partial charge in [0, 0.05) is 12.6 Å². The molecular formula is C17H17F3N2O. The van der Waals surface area contributed by atoms with E-state index in [-0.39, 0.29) is 11.5 Å². The van der Waals surface area contributed by atoms with Crippen molar-refractivity contribution in [2.45, 2.75) is 19.5 Å². The Kier molecular flexibility index (Phi) is 5.39. The monoisotopic (exact) mass is 322 g/mol. The van der Waals surface area contributed by atoms with Crippen molar-refractivity contribution in [3.63, 3.8) is 0 Å². The van der Waals surface area contributed by atoms with Gasteiger partial charge in [-0.2, -0.15) is 0 Å². The first kappa shape index (κ1) is 17.0. The van der Waals surface area contributed by atoms with Crippen LogP contribution in [0.1, 0.15) is 12.5 Å². The van der Waals surface area contributed by atoms with Crippen LogP contribution in [0.2, 0.25) is 0 Å². The number of rotatable bonds is 5. The van der Waals surface area contributed by atoms with Crippen molar-refractivity contribution in [3.8, 4) is 0 Å². The highest BCUT2D eigenvalue weighted by Crippen LogP contribution is 2.16. The predicted octanol–water partition coefficient (Wildman–Crippen LogP) is 3.56. The average molecular weight is 322 g/mol.